The third-order valence-electron chi connectivity index (χ3n) is 3.04. The van der Waals surface area contributed by atoms with E-state index in [4.69, 9.17) is 5.73 Å². The molecule has 2 rings (SSSR count). The predicted molar refractivity (Wildman–Crippen MR) is 74.4 cm³/mol. The molecule has 1 aromatic rings. The number of nitrogens with zero attached hydrogens (tertiary/aromatic N) is 2. The number of amides is 2. The maximum Gasteiger partial charge on any atom is 0.257 e. The normalized spacial score (nSPS) is 18.4. The monoisotopic (exact) mass is 283 g/mol. The fourth-order valence-corrected chi connectivity index (χ4v) is 3.04. The van der Waals surface area contributed by atoms with Crippen LogP contribution in [0.5, 0.6) is 0 Å². The van der Waals surface area contributed by atoms with Crippen LogP contribution in [0.3, 0.4) is 0 Å². The van der Waals surface area contributed by atoms with Crippen LogP contribution in [0.15, 0.2) is 0 Å². The predicted octanol–water partition coefficient (Wildman–Crippen LogP) is -0.200. The molecule has 2 amide bonds. The Morgan fingerprint density at radius 3 is 2.89 bits per heavy atom. The van der Waals surface area contributed by atoms with Gasteiger partial charge in [-0.05, 0) is 18.0 Å². The lowest BCUT2D eigenvalue weighted by Gasteiger charge is -2.17. The summed E-state index contributed by atoms with van der Waals surface area (Å²) < 4.78 is 4.05. The van der Waals surface area contributed by atoms with Gasteiger partial charge in [-0.1, -0.05) is 0 Å². The Morgan fingerprint density at radius 1 is 1.53 bits per heavy atom. The molecule has 7 nitrogen and oxygen atoms in total. The number of rotatable bonds is 3. The highest BCUT2D eigenvalue weighted by atomic mass is 32.1. The Morgan fingerprint density at radius 2 is 2.26 bits per heavy atom. The first-order valence-corrected chi connectivity index (χ1v) is 6.79. The zero-order valence-corrected chi connectivity index (χ0v) is 11.7. The number of hydrogen-bond donors (Lipinski definition) is 3. The van der Waals surface area contributed by atoms with Gasteiger partial charge >= 0.3 is 0 Å². The van der Waals surface area contributed by atoms with Gasteiger partial charge in [0.1, 0.15) is 10.6 Å². The molecule has 1 fully saturated rings. The highest BCUT2D eigenvalue weighted by Gasteiger charge is 2.29. The lowest BCUT2D eigenvalue weighted by Crippen LogP contribution is -2.35. The summed E-state index contributed by atoms with van der Waals surface area (Å²) in [5, 5.41) is 6.22. The molecule has 1 unspecified atom stereocenters. The molecule has 4 N–H and O–H groups in total. The van der Waals surface area contributed by atoms with Crippen LogP contribution >= 0.6 is 11.5 Å². The van der Waals surface area contributed by atoms with Gasteiger partial charge in [0, 0.05) is 33.1 Å². The molecular formula is C11H17N5O2S. The van der Waals surface area contributed by atoms with Gasteiger partial charge in [-0.15, -0.1) is 0 Å². The number of nitrogens with two attached hydrogens (primary N) is 1. The smallest absolute Gasteiger partial charge is 0.257 e. The first kappa shape index (κ1) is 13.6. The summed E-state index contributed by atoms with van der Waals surface area (Å²) in [5.74, 6) is -0.0197. The number of nitrogen functional groups attached to an aromatic ring is 1. The summed E-state index contributed by atoms with van der Waals surface area (Å²) in [7, 11) is 1.56. The number of carbonyl (C=O) groups is 2. The Hall–Kier alpha value is -1.83. The summed E-state index contributed by atoms with van der Waals surface area (Å²) in [6.07, 6.45) is 0.852. The SMILES string of the molecule is CNC(=O)c1c(N)nsc1N1CCC(NC(C)=O)C1. The lowest BCUT2D eigenvalue weighted by molar-refractivity contribution is -0.119. The van der Waals surface area contributed by atoms with E-state index in [-0.39, 0.29) is 23.7 Å². The van der Waals surface area contributed by atoms with Gasteiger partial charge < -0.3 is 21.3 Å². The molecule has 2 heterocycles. The summed E-state index contributed by atoms with van der Waals surface area (Å²) in [6, 6.07) is 0.110. The number of nitrogens with one attached hydrogen (secondary N) is 2. The van der Waals surface area contributed by atoms with Crippen molar-refractivity contribution < 1.29 is 9.59 Å². The standard InChI is InChI=1S/C11H17N5O2S/c1-6(17)14-7-3-4-16(5-7)11-8(10(18)13-2)9(12)15-19-11/h7H,3-5H2,1-2H3,(H2,12,15)(H,13,18)(H,14,17). The largest absolute Gasteiger partial charge is 0.382 e. The quantitative estimate of drug-likeness (QED) is 0.713. The summed E-state index contributed by atoms with van der Waals surface area (Å²) in [6.45, 7) is 2.95. The van der Waals surface area contributed by atoms with Crippen LogP contribution in [0.1, 0.15) is 23.7 Å². The molecule has 0 aliphatic carbocycles. The molecule has 1 atom stereocenters. The van der Waals surface area contributed by atoms with Gasteiger partial charge in [0.2, 0.25) is 5.91 Å². The van der Waals surface area contributed by atoms with Crippen molar-refractivity contribution in [3.8, 4) is 0 Å². The van der Waals surface area contributed by atoms with Crippen LogP contribution in [0, 0.1) is 0 Å². The van der Waals surface area contributed by atoms with Crippen molar-refractivity contribution in [1.82, 2.24) is 15.0 Å². The van der Waals surface area contributed by atoms with E-state index < -0.39 is 0 Å². The van der Waals surface area contributed by atoms with Crippen molar-refractivity contribution in [3.05, 3.63) is 5.56 Å². The van der Waals surface area contributed by atoms with E-state index >= 15 is 0 Å². The van der Waals surface area contributed by atoms with E-state index in [0.29, 0.717) is 12.1 Å². The van der Waals surface area contributed by atoms with Gasteiger partial charge in [-0.3, -0.25) is 9.59 Å². The van der Waals surface area contributed by atoms with Crippen LogP contribution in [-0.4, -0.2) is 42.4 Å². The van der Waals surface area contributed by atoms with Crippen LogP contribution in [-0.2, 0) is 4.79 Å². The minimum Gasteiger partial charge on any atom is -0.382 e. The second kappa shape index (κ2) is 5.43. The maximum absolute atomic E-state index is 11.8. The summed E-state index contributed by atoms with van der Waals surface area (Å²) in [4.78, 5) is 24.9. The molecule has 1 saturated heterocycles. The van der Waals surface area contributed by atoms with Crippen LogP contribution < -0.4 is 21.3 Å². The highest BCUT2D eigenvalue weighted by molar-refractivity contribution is 7.11. The van der Waals surface area contributed by atoms with E-state index in [1.54, 1.807) is 7.05 Å². The van der Waals surface area contributed by atoms with Crippen molar-refractivity contribution in [2.45, 2.75) is 19.4 Å². The Kier molecular flexibility index (Phi) is 3.89. The van der Waals surface area contributed by atoms with Gasteiger partial charge in [0.05, 0.1) is 0 Å². The van der Waals surface area contributed by atoms with Crippen molar-refractivity contribution in [2.24, 2.45) is 0 Å². The van der Waals surface area contributed by atoms with E-state index in [1.807, 2.05) is 4.90 Å². The molecule has 8 heteroatoms. The van der Waals surface area contributed by atoms with E-state index in [9.17, 15) is 9.59 Å². The third-order valence-corrected chi connectivity index (χ3v) is 3.96. The second-order valence-electron chi connectivity index (χ2n) is 4.46. The van der Waals surface area contributed by atoms with Crippen LogP contribution in [0.2, 0.25) is 0 Å². The molecule has 0 radical (unpaired) electrons. The number of aromatic nitrogens is 1. The van der Waals surface area contributed by atoms with Crippen molar-refractivity contribution >= 4 is 34.2 Å². The van der Waals surface area contributed by atoms with E-state index in [1.165, 1.54) is 18.5 Å². The molecule has 0 bridgehead atoms. The lowest BCUT2D eigenvalue weighted by atomic mass is 10.2. The Labute approximate surface area is 115 Å². The van der Waals surface area contributed by atoms with E-state index in [2.05, 4.69) is 15.0 Å². The van der Waals surface area contributed by atoms with Crippen LogP contribution in [0.4, 0.5) is 10.8 Å². The second-order valence-corrected chi connectivity index (χ2v) is 5.21. The first-order valence-electron chi connectivity index (χ1n) is 6.02. The van der Waals surface area contributed by atoms with Gasteiger partial charge in [0.25, 0.3) is 5.91 Å². The Bertz CT molecular complexity index is 501. The number of carbonyl (C=O) groups excluding carboxylic acids is 2. The fourth-order valence-electron chi connectivity index (χ4n) is 2.20. The molecule has 104 valence electrons. The molecule has 19 heavy (non-hydrogen) atoms. The molecule has 0 aromatic carbocycles. The highest BCUT2D eigenvalue weighted by Crippen LogP contribution is 2.32. The molecule has 0 saturated carbocycles. The van der Waals surface area contributed by atoms with Crippen molar-refractivity contribution in [3.63, 3.8) is 0 Å². The zero-order chi connectivity index (χ0) is 14.0. The topological polar surface area (TPSA) is 100 Å². The van der Waals surface area contributed by atoms with Gasteiger partial charge in [0.15, 0.2) is 5.82 Å². The molecule has 0 spiro atoms. The molecule has 1 aliphatic rings. The molecule has 1 aliphatic heterocycles. The third kappa shape index (κ3) is 2.78. The average Bonchev–Trinajstić information content (AvgIpc) is 2.94. The average molecular weight is 283 g/mol. The maximum atomic E-state index is 11.8. The summed E-state index contributed by atoms with van der Waals surface area (Å²) in [5.41, 5.74) is 6.17. The van der Waals surface area contributed by atoms with E-state index in [0.717, 1.165) is 18.0 Å². The van der Waals surface area contributed by atoms with Crippen molar-refractivity contribution in [2.75, 3.05) is 30.8 Å². The summed E-state index contributed by atoms with van der Waals surface area (Å²) >= 11 is 1.22. The number of anilines is 2. The first-order chi connectivity index (χ1) is 9.02. The minimum atomic E-state index is -0.232. The van der Waals surface area contributed by atoms with Crippen LogP contribution in [0.25, 0.3) is 0 Å². The number of hydrogen-bond acceptors (Lipinski definition) is 6. The minimum absolute atomic E-state index is 0.0396. The molecular weight excluding hydrogens is 266 g/mol. The molecule has 1 aromatic heterocycles. The van der Waals surface area contributed by atoms with Gasteiger partial charge in [-0.25, -0.2) is 0 Å². The van der Waals surface area contributed by atoms with Gasteiger partial charge in [-0.2, -0.15) is 4.37 Å². The fraction of sp³-hybridized carbons (Fsp3) is 0.545. The zero-order valence-electron chi connectivity index (χ0n) is 10.9. The Balaban J connectivity index is 2.16. The van der Waals surface area contributed by atoms with Crippen molar-refractivity contribution in [1.29, 1.82) is 0 Å².